The van der Waals surface area contributed by atoms with Crippen LogP contribution in [0.25, 0.3) is 0 Å². The predicted octanol–water partition coefficient (Wildman–Crippen LogP) is 2.31. The lowest BCUT2D eigenvalue weighted by molar-refractivity contribution is -0.274. The van der Waals surface area contributed by atoms with E-state index in [0.29, 0.717) is 19.6 Å². The summed E-state index contributed by atoms with van der Waals surface area (Å²) in [7, 11) is 1.88. The monoisotopic (exact) mass is 300 g/mol. The van der Waals surface area contributed by atoms with Crippen molar-refractivity contribution in [2.24, 2.45) is 0 Å². The van der Waals surface area contributed by atoms with Crippen LogP contribution in [0.5, 0.6) is 5.75 Å². The second-order valence-electron chi connectivity index (χ2n) is 4.59. The first-order valence-corrected chi connectivity index (χ1v) is 6.28. The van der Waals surface area contributed by atoms with Gasteiger partial charge in [-0.05, 0) is 24.7 Å². The fourth-order valence-electron chi connectivity index (χ4n) is 1.85. The van der Waals surface area contributed by atoms with Gasteiger partial charge in [-0.3, -0.25) is 4.68 Å². The Kier molecular flexibility index (Phi) is 4.79. The van der Waals surface area contributed by atoms with Gasteiger partial charge in [-0.2, -0.15) is 5.10 Å². The minimum atomic E-state index is -4.67. The summed E-state index contributed by atoms with van der Waals surface area (Å²) in [5.74, 6) is -0.204. The molecule has 0 saturated carbocycles. The van der Waals surface area contributed by atoms with Crippen LogP contribution in [0.1, 0.15) is 5.56 Å². The molecule has 1 heterocycles. The SMILES string of the molecule is CN(CCn1cncn1)Cc1cccc(OC(F)(F)F)c1. The highest BCUT2D eigenvalue weighted by Crippen LogP contribution is 2.23. The van der Waals surface area contributed by atoms with Gasteiger partial charge in [0.1, 0.15) is 18.4 Å². The molecule has 0 saturated heterocycles. The van der Waals surface area contributed by atoms with Crippen molar-refractivity contribution in [1.82, 2.24) is 19.7 Å². The number of ether oxygens (including phenoxy) is 1. The summed E-state index contributed by atoms with van der Waals surface area (Å²) in [6.07, 6.45) is -1.60. The molecule has 2 rings (SSSR count). The van der Waals surface area contributed by atoms with E-state index < -0.39 is 6.36 Å². The molecule has 0 atom stereocenters. The summed E-state index contributed by atoms with van der Waals surface area (Å²) in [6.45, 7) is 1.88. The summed E-state index contributed by atoms with van der Waals surface area (Å²) < 4.78 is 42.1. The van der Waals surface area contributed by atoms with Gasteiger partial charge in [-0.1, -0.05) is 12.1 Å². The maximum absolute atomic E-state index is 12.2. The van der Waals surface area contributed by atoms with Crippen molar-refractivity contribution in [3.63, 3.8) is 0 Å². The zero-order chi connectivity index (χ0) is 15.3. The predicted molar refractivity (Wildman–Crippen MR) is 69.5 cm³/mol. The third kappa shape index (κ3) is 5.42. The quantitative estimate of drug-likeness (QED) is 0.821. The van der Waals surface area contributed by atoms with Crippen LogP contribution in [0.15, 0.2) is 36.9 Å². The summed E-state index contributed by atoms with van der Waals surface area (Å²) in [4.78, 5) is 5.82. The fourth-order valence-corrected chi connectivity index (χ4v) is 1.85. The van der Waals surface area contributed by atoms with Crippen LogP contribution in [0.4, 0.5) is 13.2 Å². The molecule has 114 valence electrons. The molecule has 0 fully saturated rings. The van der Waals surface area contributed by atoms with Gasteiger partial charge in [0.2, 0.25) is 0 Å². The molecule has 1 aromatic carbocycles. The second kappa shape index (κ2) is 6.57. The van der Waals surface area contributed by atoms with Crippen molar-refractivity contribution in [2.45, 2.75) is 19.5 Å². The third-order valence-corrected chi connectivity index (χ3v) is 2.76. The molecule has 0 aliphatic heterocycles. The van der Waals surface area contributed by atoms with Crippen LogP contribution >= 0.6 is 0 Å². The van der Waals surface area contributed by atoms with Crippen molar-refractivity contribution in [3.05, 3.63) is 42.5 Å². The molecule has 0 amide bonds. The van der Waals surface area contributed by atoms with Crippen LogP contribution in [-0.4, -0.2) is 39.6 Å². The first-order valence-electron chi connectivity index (χ1n) is 6.28. The van der Waals surface area contributed by atoms with E-state index in [1.165, 1.54) is 18.5 Å². The summed E-state index contributed by atoms with van der Waals surface area (Å²) in [5, 5.41) is 3.98. The molecule has 8 heteroatoms. The Bertz CT molecular complexity index is 557. The molecule has 0 bridgehead atoms. The normalized spacial score (nSPS) is 11.9. The smallest absolute Gasteiger partial charge is 0.406 e. The van der Waals surface area contributed by atoms with E-state index in [-0.39, 0.29) is 5.75 Å². The van der Waals surface area contributed by atoms with E-state index in [1.54, 1.807) is 23.1 Å². The fraction of sp³-hybridized carbons (Fsp3) is 0.385. The molecule has 0 N–H and O–H groups in total. The highest BCUT2D eigenvalue weighted by Gasteiger charge is 2.31. The number of nitrogens with zero attached hydrogens (tertiary/aromatic N) is 4. The highest BCUT2D eigenvalue weighted by molar-refractivity contribution is 5.28. The molecule has 2 aromatic rings. The van der Waals surface area contributed by atoms with Gasteiger partial charge in [0.05, 0.1) is 6.54 Å². The number of aromatic nitrogens is 3. The first-order chi connectivity index (χ1) is 9.92. The molecule has 0 aliphatic carbocycles. The lowest BCUT2D eigenvalue weighted by Crippen LogP contribution is -2.23. The zero-order valence-electron chi connectivity index (χ0n) is 11.4. The van der Waals surface area contributed by atoms with E-state index in [9.17, 15) is 13.2 Å². The van der Waals surface area contributed by atoms with Gasteiger partial charge in [0.15, 0.2) is 0 Å². The maximum atomic E-state index is 12.2. The molecule has 0 aliphatic rings. The van der Waals surface area contributed by atoms with Crippen molar-refractivity contribution >= 4 is 0 Å². The molecule has 5 nitrogen and oxygen atoms in total. The Morgan fingerprint density at radius 3 is 2.81 bits per heavy atom. The Balaban J connectivity index is 1.88. The van der Waals surface area contributed by atoms with Gasteiger partial charge in [0.25, 0.3) is 0 Å². The Morgan fingerprint density at radius 1 is 1.33 bits per heavy atom. The molecular weight excluding hydrogens is 285 g/mol. The average molecular weight is 300 g/mol. The van der Waals surface area contributed by atoms with Gasteiger partial charge < -0.3 is 9.64 Å². The number of benzene rings is 1. The molecule has 0 spiro atoms. The molecule has 0 radical (unpaired) electrons. The maximum Gasteiger partial charge on any atom is 0.573 e. The Morgan fingerprint density at radius 2 is 2.14 bits per heavy atom. The third-order valence-electron chi connectivity index (χ3n) is 2.76. The second-order valence-corrected chi connectivity index (χ2v) is 4.59. The van der Waals surface area contributed by atoms with Crippen LogP contribution in [0.2, 0.25) is 0 Å². The standard InChI is InChI=1S/C13H15F3N4O/c1-19(5-6-20-10-17-9-18-20)8-11-3-2-4-12(7-11)21-13(14,15)16/h2-4,7,9-10H,5-6,8H2,1H3. The van der Waals surface area contributed by atoms with Gasteiger partial charge in [0, 0.05) is 13.1 Å². The van der Waals surface area contributed by atoms with Crippen LogP contribution in [0.3, 0.4) is 0 Å². The number of likely N-dealkylation sites (N-methyl/N-ethyl adjacent to an activating group) is 1. The molecule has 0 unspecified atom stereocenters. The van der Waals surface area contributed by atoms with Crippen LogP contribution in [-0.2, 0) is 13.1 Å². The summed E-state index contributed by atoms with van der Waals surface area (Å²) >= 11 is 0. The van der Waals surface area contributed by atoms with Gasteiger partial charge in [-0.25, -0.2) is 4.98 Å². The van der Waals surface area contributed by atoms with E-state index in [1.807, 2.05) is 11.9 Å². The van der Waals surface area contributed by atoms with E-state index in [2.05, 4.69) is 14.8 Å². The van der Waals surface area contributed by atoms with E-state index in [4.69, 9.17) is 0 Å². The zero-order valence-corrected chi connectivity index (χ0v) is 11.4. The minimum absolute atomic E-state index is 0.204. The van der Waals surface area contributed by atoms with E-state index >= 15 is 0 Å². The highest BCUT2D eigenvalue weighted by atomic mass is 19.4. The van der Waals surface area contributed by atoms with Gasteiger partial charge >= 0.3 is 6.36 Å². The average Bonchev–Trinajstić information content (AvgIpc) is 2.87. The van der Waals surface area contributed by atoms with Crippen molar-refractivity contribution in [2.75, 3.05) is 13.6 Å². The topological polar surface area (TPSA) is 43.2 Å². The van der Waals surface area contributed by atoms with Crippen molar-refractivity contribution < 1.29 is 17.9 Å². The summed E-state index contributed by atoms with van der Waals surface area (Å²) in [5.41, 5.74) is 0.748. The van der Waals surface area contributed by atoms with Crippen LogP contribution < -0.4 is 4.74 Å². The first kappa shape index (κ1) is 15.3. The number of hydrogen-bond acceptors (Lipinski definition) is 4. The summed E-state index contributed by atoms with van der Waals surface area (Å²) in [6, 6.07) is 5.97. The largest absolute Gasteiger partial charge is 0.573 e. The minimum Gasteiger partial charge on any atom is -0.406 e. The Hall–Kier alpha value is -2.09. The van der Waals surface area contributed by atoms with Crippen molar-refractivity contribution in [1.29, 1.82) is 0 Å². The number of alkyl halides is 3. The molecule has 1 aromatic heterocycles. The lowest BCUT2D eigenvalue weighted by Gasteiger charge is -2.17. The van der Waals surface area contributed by atoms with Gasteiger partial charge in [-0.15, -0.1) is 13.2 Å². The molecule has 21 heavy (non-hydrogen) atoms. The Labute approximate surface area is 120 Å². The number of hydrogen-bond donors (Lipinski definition) is 0. The number of halogens is 3. The lowest BCUT2D eigenvalue weighted by atomic mass is 10.2. The number of rotatable bonds is 6. The van der Waals surface area contributed by atoms with Crippen molar-refractivity contribution in [3.8, 4) is 5.75 Å². The van der Waals surface area contributed by atoms with Crippen LogP contribution in [0, 0.1) is 0 Å². The van der Waals surface area contributed by atoms with E-state index in [0.717, 1.165) is 5.56 Å². The molecular formula is C13H15F3N4O.